The third-order valence-electron chi connectivity index (χ3n) is 2.11. The van der Waals surface area contributed by atoms with Gasteiger partial charge in [0.2, 0.25) is 10.0 Å². The molecule has 0 radical (unpaired) electrons. The second kappa shape index (κ2) is 6.20. The molecule has 0 aromatic heterocycles. The van der Waals surface area contributed by atoms with E-state index in [4.69, 9.17) is 11.6 Å². The molecule has 0 aromatic rings. The molecule has 0 spiro atoms. The van der Waals surface area contributed by atoms with Crippen LogP contribution in [-0.2, 0) is 10.0 Å². The molecule has 3 nitrogen and oxygen atoms in total. The molecule has 0 unspecified atom stereocenters. The predicted octanol–water partition coefficient (Wildman–Crippen LogP) is 1.38. The number of hydrogen-bond acceptors (Lipinski definition) is 3. The van der Waals surface area contributed by atoms with Gasteiger partial charge in [0.15, 0.2) is 0 Å². The molecule has 1 heterocycles. The summed E-state index contributed by atoms with van der Waals surface area (Å²) in [7, 11) is -3.03. The lowest BCUT2D eigenvalue weighted by Crippen LogP contribution is -2.34. The summed E-state index contributed by atoms with van der Waals surface area (Å²) in [5.41, 5.74) is 0. The summed E-state index contributed by atoms with van der Waals surface area (Å²) >= 11 is 7.32. The monoisotopic (exact) mass is 257 g/mol. The van der Waals surface area contributed by atoms with Crippen molar-refractivity contribution < 1.29 is 8.42 Å². The molecular weight excluding hydrogens is 242 g/mol. The molecule has 0 saturated carbocycles. The summed E-state index contributed by atoms with van der Waals surface area (Å²) < 4.78 is 25.1. The minimum Gasteiger partial charge on any atom is -0.212 e. The standard InChI is InChI=1S/C8H16ClNO2S2/c9-3-1-8-14(11,12)10-4-2-6-13-7-5-10/h1-8H2. The first-order valence-electron chi connectivity index (χ1n) is 4.78. The lowest BCUT2D eigenvalue weighted by atomic mass is 10.5. The summed E-state index contributed by atoms with van der Waals surface area (Å²) in [6.07, 6.45) is 1.51. The van der Waals surface area contributed by atoms with Crippen LogP contribution < -0.4 is 0 Å². The third kappa shape index (κ3) is 3.96. The molecule has 0 amide bonds. The van der Waals surface area contributed by atoms with Crippen LogP contribution in [0.4, 0.5) is 0 Å². The van der Waals surface area contributed by atoms with E-state index in [-0.39, 0.29) is 5.75 Å². The largest absolute Gasteiger partial charge is 0.214 e. The van der Waals surface area contributed by atoms with Crippen molar-refractivity contribution in [1.82, 2.24) is 4.31 Å². The maximum atomic E-state index is 11.8. The quantitative estimate of drug-likeness (QED) is 0.715. The Kier molecular flexibility index (Phi) is 5.59. The van der Waals surface area contributed by atoms with E-state index in [9.17, 15) is 8.42 Å². The van der Waals surface area contributed by atoms with E-state index in [1.165, 1.54) is 0 Å². The van der Waals surface area contributed by atoms with Crippen molar-refractivity contribution >= 4 is 33.4 Å². The Bertz CT molecular complexity index is 248. The van der Waals surface area contributed by atoms with Gasteiger partial charge in [-0.1, -0.05) is 0 Å². The van der Waals surface area contributed by atoms with E-state index in [2.05, 4.69) is 0 Å². The number of thioether (sulfide) groups is 1. The number of hydrogen-bond donors (Lipinski definition) is 0. The molecule has 84 valence electrons. The molecule has 1 saturated heterocycles. The zero-order valence-corrected chi connectivity index (χ0v) is 10.5. The van der Waals surface area contributed by atoms with Crippen LogP contribution in [0.25, 0.3) is 0 Å². The normalized spacial score (nSPS) is 20.6. The lowest BCUT2D eigenvalue weighted by Gasteiger charge is -2.18. The minimum atomic E-state index is -3.03. The Morgan fingerprint density at radius 3 is 2.79 bits per heavy atom. The Morgan fingerprint density at radius 2 is 2.07 bits per heavy atom. The van der Waals surface area contributed by atoms with Crippen LogP contribution in [0.2, 0.25) is 0 Å². The summed E-state index contributed by atoms with van der Waals surface area (Å²) in [5, 5.41) is 0. The molecule has 0 aliphatic carbocycles. The Labute approximate surface area is 95.2 Å². The van der Waals surface area contributed by atoms with Crippen molar-refractivity contribution in [2.45, 2.75) is 12.8 Å². The first-order chi connectivity index (χ1) is 6.67. The van der Waals surface area contributed by atoms with E-state index >= 15 is 0 Å². The second-order valence-electron chi connectivity index (χ2n) is 3.22. The average molecular weight is 258 g/mol. The van der Waals surface area contributed by atoms with Crippen LogP contribution in [0.3, 0.4) is 0 Å². The summed E-state index contributed by atoms with van der Waals surface area (Å²) in [6.45, 7) is 1.34. The smallest absolute Gasteiger partial charge is 0.212 e. The van der Waals surface area contributed by atoms with E-state index in [0.717, 1.165) is 17.9 Å². The van der Waals surface area contributed by atoms with Crippen molar-refractivity contribution in [2.24, 2.45) is 0 Å². The first-order valence-corrected chi connectivity index (χ1v) is 8.08. The van der Waals surface area contributed by atoms with E-state index < -0.39 is 10.0 Å². The van der Waals surface area contributed by atoms with Crippen molar-refractivity contribution in [3.05, 3.63) is 0 Å². The molecule has 6 heteroatoms. The van der Waals surface area contributed by atoms with Crippen LogP contribution in [0.15, 0.2) is 0 Å². The van der Waals surface area contributed by atoms with Gasteiger partial charge in [-0.2, -0.15) is 11.8 Å². The minimum absolute atomic E-state index is 0.196. The van der Waals surface area contributed by atoms with Gasteiger partial charge < -0.3 is 0 Å². The molecule has 1 rings (SSSR count). The Balaban J connectivity index is 2.51. The maximum absolute atomic E-state index is 11.8. The SMILES string of the molecule is O=S(=O)(CCCCl)N1CCCSCC1. The van der Waals surface area contributed by atoms with E-state index in [0.29, 0.717) is 25.4 Å². The predicted molar refractivity (Wildman–Crippen MR) is 62.6 cm³/mol. The van der Waals surface area contributed by atoms with Crippen LogP contribution in [0.1, 0.15) is 12.8 Å². The third-order valence-corrected chi connectivity index (χ3v) is 5.38. The average Bonchev–Trinajstić information content (AvgIpc) is 2.43. The van der Waals surface area contributed by atoms with Gasteiger partial charge in [0.25, 0.3) is 0 Å². The second-order valence-corrected chi connectivity index (χ2v) is 6.91. The zero-order chi connectivity index (χ0) is 10.4. The summed E-state index contributed by atoms with van der Waals surface area (Å²) in [5.74, 6) is 2.60. The van der Waals surface area contributed by atoms with Crippen LogP contribution in [0.5, 0.6) is 0 Å². The highest BCUT2D eigenvalue weighted by Gasteiger charge is 2.22. The molecule has 1 aliphatic rings. The number of halogens is 1. The van der Waals surface area contributed by atoms with Gasteiger partial charge in [0, 0.05) is 24.7 Å². The maximum Gasteiger partial charge on any atom is 0.214 e. The van der Waals surface area contributed by atoms with Gasteiger partial charge in [-0.25, -0.2) is 12.7 Å². The van der Waals surface area contributed by atoms with Crippen molar-refractivity contribution in [2.75, 3.05) is 36.2 Å². The van der Waals surface area contributed by atoms with Crippen LogP contribution >= 0.6 is 23.4 Å². The molecule has 0 aromatic carbocycles. The topological polar surface area (TPSA) is 37.4 Å². The van der Waals surface area contributed by atoms with Crippen molar-refractivity contribution in [3.8, 4) is 0 Å². The Hall–Kier alpha value is 0.550. The number of sulfonamides is 1. The number of nitrogens with zero attached hydrogens (tertiary/aromatic N) is 1. The number of alkyl halides is 1. The highest BCUT2D eigenvalue weighted by atomic mass is 35.5. The molecular formula is C8H16ClNO2S2. The summed E-state index contributed by atoms with van der Waals surface area (Å²) in [6, 6.07) is 0. The fourth-order valence-corrected chi connectivity index (χ4v) is 4.21. The van der Waals surface area contributed by atoms with Crippen LogP contribution in [0, 0.1) is 0 Å². The molecule has 1 fully saturated rings. The van der Waals surface area contributed by atoms with Crippen molar-refractivity contribution in [3.63, 3.8) is 0 Å². The molecule has 0 N–H and O–H groups in total. The lowest BCUT2D eigenvalue weighted by molar-refractivity contribution is 0.434. The number of rotatable bonds is 4. The summed E-state index contributed by atoms with van der Waals surface area (Å²) in [4.78, 5) is 0. The van der Waals surface area contributed by atoms with Gasteiger partial charge in [-0.3, -0.25) is 0 Å². The zero-order valence-electron chi connectivity index (χ0n) is 8.12. The fourth-order valence-electron chi connectivity index (χ4n) is 1.37. The molecule has 0 atom stereocenters. The van der Waals surface area contributed by atoms with Gasteiger partial charge in [-0.05, 0) is 18.6 Å². The van der Waals surface area contributed by atoms with Crippen molar-refractivity contribution in [1.29, 1.82) is 0 Å². The van der Waals surface area contributed by atoms with E-state index in [1.807, 2.05) is 11.8 Å². The van der Waals surface area contributed by atoms with Gasteiger partial charge in [-0.15, -0.1) is 11.6 Å². The first kappa shape index (κ1) is 12.6. The molecule has 0 bridgehead atoms. The molecule has 1 aliphatic heterocycles. The highest BCUT2D eigenvalue weighted by molar-refractivity contribution is 7.99. The highest BCUT2D eigenvalue weighted by Crippen LogP contribution is 2.14. The molecule has 14 heavy (non-hydrogen) atoms. The van der Waals surface area contributed by atoms with E-state index in [1.54, 1.807) is 4.31 Å². The van der Waals surface area contributed by atoms with Crippen LogP contribution in [-0.4, -0.2) is 49.0 Å². The van der Waals surface area contributed by atoms with Gasteiger partial charge >= 0.3 is 0 Å². The Morgan fingerprint density at radius 1 is 1.29 bits per heavy atom. The van der Waals surface area contributed by atoms with Gasteiger partial charge in [0.05, 0.1) is 5.75 Å². The fraction of sp³-hybridized carbons (Fsp3) is 1.00. The van der Waals surface area contributed by atoms with Gasteiger partial charge in [0.1, 0.15) is 0 Å².